The molecule has 2 unspecified atom stereocenters. The first kappa shape index (κ1) is 13.1. The maximum atomic E-state index is 11.2. The maximum Gasteiger partial charge on any atom is 0.221 e. The third-order valence-corrected chi connectivity index (χ3v) is 3.64. The Morgan fingerprint density at radius 2 is 2.06 bits per heavy atom. The van der Waals surface area contributed by atoms with E-state index < -0.39 is 0 Å². The summed E-state index contributed by atoms with van der Waals surface area (Å²) < 4.78 is 0. The van der Waals surface area contributed by atoms with Crippen LogP contribution >= 0.6 is 0 Å². The summed E-state index contributed by atoms with van der Waals surface area (Å²) in [7, 11) is 0. The van der Waals surface area contributed by atoms with Crippen molar-refractivity contribution in [1.82, 2.24) is 10.6 Å². The molecule has 1 saturated heterocycles. The molecule has 18 heavy (non-hydrogen) atoms. The van der Waals surface area contributed by atoms with Gasteiger partial charge in [0.15, 0.2) is 0 Å². The Kier molecular flexibility index (Phi) is 4.37. The van der Waals surface area contributed by atoms with Crippen molar-refractivity contribution in [2.24, 2.45) is 5.92 Å². The third-order valence-electron chi connectivity index (χ3n) is 3.64. The van der Waals surface area contributed by atoms with E-state index in [1.54, 1.807) is 0 Å². The van der Waals surface area contributed by atoms with Crippen LogP contribution in [0.3, 0.4) is 0 Å². The van der Waals surface area contributed by atoms with E-state index in [0.717, 1.165) is 13.1 Å². The van der Waals surface area contributed by atoms with Gasteiger partial charge in [-0.25, -0.2) is 0 Å². The molecule has 1 aliphatic rings. The van der Waals surface area contributed by atoms with Gasteiger partial charge in [-0.2, -0.15) is 0 Å². The minimum atomic E-state index is 0.160. The zero-order valence-corrected chi connectivity index (χ0v) is 11.1. The van der Waals surface area contributed by atoms with Crippen LogP contribution in [0.1, 0.15) is 31.7 Å². The molecular formula is C15H22N2O. The average molecular weight is 246 g/mol. The molecule has 1 fully saturated rings. The predicted molar refractivity (Wildman–Crippen MR) is 73.4 cm³/mol. The second-order valence-electron chi connectivity index (χ2n) is 5.37. The molecule has 98 valence electrons. The quantitative estimate of drug-likeness (QED) is 0.833. The fourth-order valence-electron chi connectivity index (χ4n) is 2.48. The summed E-state index contributed by atoms with van der Waals surface area (Å²) in [5.41, 5.74) is 1.37. The highest BCUT2D eigenvalue weighted by molar-refractivity contribution is 5.78. The van der Waals surface area contributed by atoms with Gasteiger partial charge in [0.25, 0.3) is 0 Å². The molecule has 0 aromatic heterocycles. The highest BCUT2D eigenvalue weighted by atomic mass is 16.1. The Labute approximate surface area is 109 Å². The Morgan fingerprint density at radius 3 is 2.61 bits per heavy atom. The van der Waals surface area contributed by atoms with Crippen molar-refractivity contribution in [1.29, 1.82) is 0 Å². The van der Waals surface area contributed by atoms with Gasteiger partial charge < -0.3 is 10.6 Å². The Bertz CT molecular complexity index is 389. The number of hydrogen-bond donors (Lipinski definition) is 2. The zero-order chi connectivity index (χ0) is 13.0. The van der Waals surface area contributed by atoms with Crippen LogP contribution in [0.5, 0.6) is 0 Å². The fourth-order valence-corrected chi connectivity index (χ4v) is 2.48. The molecule has 3 nitrogen and oxygen atoms in total. The number of nitrogens with one attached hydrogen (secondary N) is 2. The molecule has 0 saturated carbocycles. The van der Waals surface area contributed by atoms with Gasteiger partial charge in [-0.3, -0.25) is 4.79 Å². The lowest BCUT2D eigenvalue weighted by atomic mass is 9.88. The second kappa shape index (κ2) is 6.01. The van der Waals surface area contributed by atoms with Crippen molar-refractivity contribution in [3.05, 3.63) is 35.9 Å². The first-order valence-electron chi connectivity index (χ1n) is 6.72. The number of rotatable bonds is 5. The van der Waals surface area contributed by atoms with Gasteiger partial charge in [0.1, 0.15) is 0 Å². The van der Waals surface area contributed by atoms with Crippen LogP contribution in [0.2, 0.25) is 0 Å². The predicted octanol–water partition coefficient (Wildman–Crippen LogP) is 1.90. The van der Waals surface area contributed by atoms with Gasteiger partial charge in [0, 0.05) is 25.6 Å². The smallest absolute Gasteiger partial charge is 0.221 e. The van der Waals surface area contributed by atoms with Gasteiger partial charge in [0.05, 0.1) is 0 Å². The number of carbonyl (C=O) groups excluding carboxylic acids is 1. The summed E-state index contributed by atoms with van der Waals surface area (Å²) in [6.07, 6.45) is 0.611. The van der Waals surface area contributed by atoms with Crippen LogP contribution in [0, 0.1) is 5.92 Å². The van der Waals surface area contributed by atoms with Crippen molar-refractivity contribution in [3.8, 4) is 0 Å². The van der Waals surface area contributed by atoms with E-state index in [9.17, 15) is 4.79 Å². The number of carbonyl (C=O) groups is 1. The zero-order valence-electron chi connectivity index (χ0n) is 11.1. The Balaban J connectivity index is 1.93. The number of benzene rings is 1. The number of amides is 1. The fraction of sp³-hybridized carbons (Fsp3) is 0.533. The molecule has 1 heterocycles. The van der Waals surface area contributed by atoms with Crippen molar-refractivity contribution in [2.45, 2.75) is 32.2 Å². The molecule has 2 atom stereocenters. The van der Waals surface area contributed by atoms with Crippen molar-refractivity contribution < 1.29 is 4.79 Å². The first-order valence-corrected chi connectivity index (χ1v) is 6.72. The summed E-state index contributed by atoms with van der Waals surface area (Å²) in [5.74, 6) is 1.25. The lowest BCUT2D eigenvalue weighted by molar-refractivity contribution is -0.119. The average Bonchev–Trinajstić information content (AvgIpc) is 2.76. The summed E-state index contributed by atoms with van der Waals surface area (Å²) in [6.45, 7) is 6.19. The molecule has 0 aliphatic carbocycles. The Hall–Kier alpha value is -1.35. The molecule has 0 radical (unpaired) electrons. The van der Waals surface area contributed by atoms with Gasteiger partial charge in [0.2, 0.25) is 5.91 Å². The van der Waals surface area contributed by atoms with Crippen molar-refractivity contribution in [2.75, 3.05) is 13.1 Å². The lowest BCUT2D eigenvalue weighted by Gasteiger charge is -2.23. The SMILES string of the molecule is CC(C)C(CNC1CNC(=O)C1)c1ccccc1. The monoisotopic (exact) mass is 246 g/mol. The molecule has 0 bridgehead atoms. The molecule has 2 rings (SSSR count). The van der Waals surface area contributed by atoms with Gasteiger partial charge in [-0.05, 0) is 17.4 Å². The maximum absolute atomic E-state index is 11.2. The van der Waals surface area contributed by atoms with E-state index in [0.29, 0.717) is 24.3 Å². The van der Waals surface area contributed by atoms with E-state index in [1.165, 1.54) is 5.56 Å². The molecular weight excluding hydrogens is 224 g/mol. The summed E-state index contributed by atoms with van der Waals surface area (Å²) >= 11 is 0. The third kappa shape index (κ3) is 3.33. The summed E-state index contributed by atoms with van der Waals surface area (Å²) in [6, 6.07) is 10.9. The highest BCUT2D eigenvalue weighted by Gasteiger charge is 2.23. The van der Waals surface area contributed by atoms with Crippen LogP contribution in [-0.4, -0.2) is 25.0 Å². The van der Waals surface area contributed by atoms with Crippen LogP contribution < -0.4 is 10.6 Å². The van der Waals surface area contributed by atoms with Crippen LogP contribution in [-0.2, 0) is 4.79 Å². The van der Waals surface area contributed by atoms with E-state index >= 15 is 0 Å². The lowest BCUT2D eigenvalue weighted by Crippen LogP contribution is -2.35. The minimum absolute atomic E-state index is 0.160. The minimum Gasteiger partial charge on any atom is -0.354 e. The molecule has 0 spiro atoms. The van der Waals surface area contributed by atoms with E-state index in [-0.39, 0.29) is 5.91 Å². The van der Waals surface area contributed by atoms with Crippen LogP contribution in [0.25, 0.3) is 0 Å². The van der Waals surface area contributed by atoms with Crippen LogP contribution in [0.15, 0.2) is 30.3 Å². The molecule has 2 N–H and O–H groups in total. The molecule has 1 aromatic carbocycles. The van der Waals surface area contributed by atoms with E-state index in [1.807, 2.05) is 6.07 Å². The van der Waals surface area contributed by atoms with Crippen LogP contribution in [0.4, 0.5) is 0 Å². The molecule has 1 aromatic rings. The summed E-state index contributed by atoms with van der Waals surface area (Å²) in [4.78, 5) is 11.2. The van der Waals surface area contributed by atoms with Gasteiger partial charge in [-0.1, -0.05) is 44.2 Å². The molecule has 3 heteroatoms. The number of hydrogen-bond acceptors (Lipinski definition) is 2. The largest absolute Gasteiger partial charge is 0.354 e. The standard InChI is InChI=1S/C15H22N2O/c1-11(2)14(12-6-4-3-5-7-12)10-16-13-8-15(18)17-9-13/h3-7,11,13-14,16H,8-10H2,1-2H3,(H,17,18). The molecule has 1 aliphatic heterocycles. The van der Waals surface area contributed by atoms with Gasteiger partial charge >= 0.3 is 0 Å². The first-order chi connectivity index (χ1) is 8.66. The van der Waals surface area contributed by atoms with Crippen molar-refractivity contribution in [3.63, 3.8) is 0 Å². The van der Waals surface area contributed by atoms with Crippen molar-refractivity contribution >= 4 is 5.91 Å². The van der Waals surface area contributed by atoms with Gasteiger partial charge in [-0.15, -0.1) is 0 Å². The van der Waals surface area contributed by atoms with E-state index in [2.05, 4.69) is 48.7 Å². The Morgan fingerprint density at radius 1 is 1.33 bits per heavy atom. The second-order valence-corrected chi connectivity index (χ2v) is 5.37. The van der Waals surface area contributed by atoms with E-state index in [4.69, 9.17) is 0 Å². The normalized spacial score (nSPS) is 21.1. The summed E-state index contributed by atoms with van der Waals surface area (Å²) in [5, 5.41) is 6.37. The highest BCUT2D eigenvalue weighted by Crippen LogP contribution is 2.23. The molecule has 1 amide bonds. The topological polar surface area (TPSA) is 41.1 Å².